The Labute approximate surface area is 234 Å². The lowest BCUT2D eigenvalue weighted by atomic mass is 9.99. The number of nitrogens with one attached hydrogen (secondary N) is 2. The van der Waals surface area contributed by atoms with Gasteiger partial charge in [-0.1, -0.05) is 0 Å². The molecule has 0 unspecified atom stereocenters. The normalized spacial score (nSPS) is 15.0. The maximum Gasteiger partial charge on any atom is 0.290 e. The first kappa shape index (κ1) is 26.4. The number of aliphatic hydroxyl groups is 1. The number of aliphatic hydroxyl groups excluding tert-OH is 1. The van der Waals surface area contributed by atoms with Crippen molar-refractivity contribution in [2.24, 2.45) is 7.05 Å². The summed E-state index contributed by atoms with van der Waals surface area (Å²) >= 11 is 1.43. The molecule has 1 aliphatic carbocycles. The van der Waals surface area contributed by atoms with Crippen molar-refractivity contribution in [2.45, 2.75) is 45.4 Å². The highest BCUT2D eigenvalue weighted by molar-refractivity contribution is 7.14. The van der Waals surface area contributed by atoms with Gasteiger partial charge in [0, 0.05) is 42.2 Å². The zero-order chi connectivity index (χ0) is 28.0. The van der Waals surface area contributed by atoms with Crippen molar-refractivity contribution in [1.29, 1.82) is 0 Å². The average Bonchev–Trinajstić information content (AvgIpc) is 3.55. The Hall–Kier alpha value is -3.87. The summed E-state index contributed by atoms with van der Waals surface area (Å²) in [5.41, 5.74) is 2.88. The van der Waals surface area contributed by atoms with E-state index in [4.69, 9.17) is 0 Å². The van der Waals surface area contributed by atoms with Gasteiger partial charge >= 0.3 is 0 Å². The van der Waals surface area contributed by atoms with E-state index in [1.54, 1.807) is 6.07 Å². The molecule has 3 N–H and O–H groups in total. The van der Waals surface area contributed by atoms with Crippen molar-refractivity contribution in [1.82, 2.24) is 24.5 Å². The third-order valence-electron chi connectivity index (χ3n) is 7.47. The minimum absolute atomic E-state index is 0.104. The van der Waals surface area contributed by atoms with Gasteiger partial charge in [-0.05, 0) is 62.6 Å². The first-order valence-corrected chi connectivity index (χ1v) is 14.1. The van der Waals surface area contributed by atoms with Gasteiger partial charge in [0.05, 0.1) is 35.1 Å². The number of hydrogen-bond donors (Lipinski definition) is 3. The fourth-order valence-corrected chi connectivity index (χ4v) is 6.51. The van der Waals surface area contributed by atoms with Crippen LogP contribution in [0, 0.1) is 5.82 Å². The van der Waals surface area contributed by atoms with Crippen LogP contribution in [0.2, 0.25) is 0 Å². The maximum atomic E-state index is 15.1. The summed E-state index contributed by atoms with van der Waals surface area (Å²) in [6, 6.07) is 8.05. The number of halogens is 1. The number of fused-ring (bicyclic) bond motifs is 2. The van der Waals surface area contributed by atoms with E-state index < -0.39 is 18.3 Å². The number of rotatable bonds is 6. The molecule has 1 amide bonds. The molecule has 0 bridgehead atoms. The average molecular weight is 564 g/mol. The summed E-state index contributed by atoms with van der Waals surface area (Å²) in [6.45, 7) is 1.85. The van der Waals surface area contributed by atoms with Crippen molar-refractivity contribution in [3.05, 3.63) is 73.1 Å². The first-order valence-electron chi connectivity index (χ1n) is 13.3. The minimum atomic E-state index is -0.667. The number of anilines is 3. The smallest absolute Gasteiger partial charge is 0.290 e. The van der Waals surface area contributed by atoms with E-state index in [1.165, 1.54) is 45.6 Å². The Kier molecular flexibility index (Phi) is 6.99. The lowest BCUT2D eigenvalue weighted by Crippen LogP contribution is -2.30. The van der Waals surface area contributed by atoms with Gasteiger partial charge < -0.3 is 15.7 Å². The third-order valence-corrected chi connectivity index (χ3v) is 8.71. The largest absolute Gasteiger partial charge is 0.392 e. The molecule has 0 radical (unpaired) electrons. The predicted octanol–water partition coefficient (Wildman–Crippen LogP) is 3.66. The molecule has 0 atom stereocenters. The summed E-state index contributed by atoms with van der Waals surface area (Å²) in [5, 5.41) is 25.0. The summed E-state index contributed by atoms with van der Waals surface area (Å²) < 4.78 is 18.2. The molecular weight excluding hydrogens is 533 g/mol. The summed E-state index contributed by atoms with van der Waals surface area (Å²) in [4.78, 5) is 30.0. The molecule has 4 aromatic rings. The van der Waals surface area contributed by atoms with Gasteiger partial charge in [0.15, 0.2) is 5.82 Å². The number of thiophene rings is 1. The van der Waals surface area contributed by atoms with E-state index in [-0.39, 0.29) is 22.5 Å². The Balaban J connectivity index is 1.33. The number of amides is 1. The lowest BCUT2D eigenvalue weighted by Gasteiger charge is -2.22. The number of carbonyl (C=O) groups excluding carboxylic acids is 1. The summed E-state index contributed by atoms with van der Waals surface area (Å²) in [5.74, 6) is -0.554. The topological polar surface area (TPSA) is 117 Å². The number of nitrogens with zero attached hydrogens (tertiary/aromatic N) is 5. The zero-order valence-electron chi connectivity index (χ0n) is 22.3. The van der Waals surface area contributed by atoms with Crippen LogP contribution < -0.4 is 16.2 Å². The van der Waals surface area contributed by atoms with Crippen LogP contribution in [0.1, 0.15) is 44.2 Å². The van der Waals surface area contributed by atoms with E-state index in [1.807, 2.05) is 23.9 Å². The van der Waals surface area contributed by atoms with Crippen molar-refractivity contribution in [3.63, 3.8) is 0 Å². The van der Waals surface area contributed by atoms with Gasteiger partial charge in [0.25, 0.3) is 11.5 Å². The molecule has 6 rings (SSSR count). The fraction of sp³-hybridized carbons (Fsp3) is 0.357. The second-order valence-corrected chi connectivity index (χ2v) is 11.4. The second-order valence-electron chi connectivity index (χ2n) is 10.3. The predicted molar refractivity (Wildman–Crippen MR) is 152 cm³/mol. The number of hydrogen-bond acceptors (Lipinski definition) is 8. The molecule has 0 saturated heterocycles. The summed E-state index contributed by atoms with van der Waals surface area (Å²) in [7, 11) is 3.56. The van der Waals surface area contributed by atoms with Gasteiger partial charge in [0.2, 0.25) is 0 Å². The van der Waals surface area contributed by atoms with Crippen molar-refractivity contribution in [2.75, 3.05) is 24.2 Å². The number of aryl methyl sites for hydroxylation is 3. The highest BCUT2D eigenvalue weighted by Crippen LogP contribution is 2.34. The summed E-state index contributed by atoms with van der Waals surface area (Å²) in [6.07, 6.45) is 4.09. The molecule has 4 heterocycles. The molecule has 40 heavy (non-hydrogen) atoms. The lowest BCUT2D eigenvalue weighted by molar-refractivity contribution is 0.102. The minimum Gasteiger partial charge on any atom is -0.392 e. The Morgan fingerprint density at radius 3 is 2.75 bits per heavy atom. The van der Waals surface area contributed by atoms with E-state index in [0.717, 1.165) is 51.0 Å². The van der Waals surface area contributed by atoms with Crippen LogP contribution in [0.25, 0.3) is 11.3 Å². The second kappa shape index (κ2) is 10.6. The van der Waals surface area contributed by atoms with Crippen LogP contribution in [0.5, 0.6) is 0 Å². The highest BCUT2D eigenvalue weighted by Gasteiger charge is 2.23. The van der Waals surface area contributed by atoms with Gasteiger partial charge in [-0.3, -0.25) is 19.2 Å². The van der Waals surface area contributed by atoms with E-state index in [0.29, 0.717) is 22.0 Å². The molecule has 0 saturated carbocycles. The van der Waals surface area contributed by atoms with E-state index in [2.05, 4.69) is 25.7 Å². The zero-order valence-corrected chi connectivity index (χ0v) is 23.1. The van der Waals surface area contributed by atoms with Crippen LogP contribution in [0.15, 0.2) is 35.1 Å². The molecule has 0 fully saturated rings. The van der Waals surface area contributed by atoms with E-state index in [9.17, 15) is 14.7 Å². The maximum absolute atomic E-state index is 15.1. The van der Waals surface area contributed by atoms with Crippen molar-refractivity contribution < 1.29 is 14.3 Å². The molecule has 208 valence electrons. The molecule has 3 aromatic heterocycles. The van der Waals surface area contributed by atoms with Gasteiger partial charge in [-0.15, -0.1) is 11.3 Å². The molecule has 2 aliphatic rings. The standard InChI is InChI=1S/C28H30FN7O3S/c1-34-9-10-36-17(14-34)12-25(33-36)30-22-13-21(32-35(2)28(22)39)18-7-8-20(29)26(19(18)15-37)31-27(38)24-11-16-5-3-4-6-23(16)40-24/h7-8,11-13,37H,3-6,9-10,14-15H2,1-2H3,(H,30,33)(H,31,38). The van der Waals surface area contributed by atoms with Crippen LogP contribution >= 0.6 is 11.3 Å². The third kappa shape index (κ3) is 4.93. The van der Waals surface area contributed by atoms with Gasteiger partial charge in [-0.25, -0.2) is 9.07 Å². The fourth-order valence-electron chi connectivity index (χ4n) is 5.36. The van der Waals surface area contributed by atoms with E-state index >= 15 is 4.39 Å². The van der Waals surface area contributed by atoms with Crippen LogP contribution in [-0.4, -0.2) is 49.1 Å². The highest BCUT2D eigenvalue weighted by atomic mass is 32.1. The Morgan fingerprint density at radius 2 is 1.95 bits per heavy atom. The van der Waals surface area contributed by atoms with Crippen LogP contribution in [0.4, 0.5) is 21.6 Å². The molecule has 10 nitrogen and oxygen atoms in total. The molecular formula is C28H30FN7O3S. The number of carbonyl (C=O) groups is 1. The quantitative estimate of drug-likeness (QED) is 0.328. The number of benzene rings is 1. The Morgan fingerprint density at radius 1 is 1.12 bits per heavy atom. The Bertz CT molecular complexity index is 1650. The van der Waals surface area contributed by atoms with Gasteiger partial charge in [-0.2, -0.15) is 10.2 Å². The molecule has 0 spiro atoms. The SMILES string of the molecule is CN1CCn2nc(Nc3cc(-c4ccc(F)c(NC(=O)c5cc6c(s5)CCCC6)c4CO)nn(C)c3=O)cc2C1. The van der Waals surface area contributed by atoms with Gasteiger partial charge in [0.1, 0.15) is 11.5 Å². The molecule has 1 aromatic carbocycles. The van der Waals surface area contributed by atoms with Crippen LogP contribution in [-0.2, 0) is 39.6 Å². The van der Waals surface area contributed by atoms with Crippen molar-refractivity contribution in [3.8, 4) is 11.3 Å². The van der Waals surface area contributed by atoms with Crippen molar-refractivity contribution >= 4 is 34.4 Å². The monoisotopic (exact) mass is 563 g/mol. The first-order chi connectivity index (χ1) is 19.3. The molecule has 12 heteroatoms. The number of aromatic nitrogens is 4. The molecule has 1 aliphatic heterocycles. The van der Waals surface area contributed by atoms with Crippen LogP contribution in [0.3, 0.4) is 0 Å². The number of likely N-dealkylation sites (N-methyl/N-ethyl adjacent to an activating group) is 1.